The smallest absolute Gasteiger partial charge is 0.196 e. The molecule has 130 valence electrons. The Morgan fingerprint density at radius 3 is 2.46 bits per heavy atom. The molecule has 2 aromatic rings. The molecular weight excluding hydrogens is 318 g/mol. The molecule has 0 fully saturated rings. The number of carbonyl (C=O) groups is 1. The fraction of sp³-hybridized carbons (Fsp3) is 0.208. The van der Waals surface area contributed by atoms with Gasteiger partial charge in [0, 0.05) is 17.8 Å². The van der Waals surface area contributed by atoms with Gasteiger partial charge in [0.05, 0.1) is 5.56 Å². The van der Waals surface area contributed by atoms with Gasteiger partial charge in [-0.2, -0.15) is 0 Å². The van der Waals surface area contributed by atoms with E-state index in [1.54, 1.807) is 6.08 Å². The number of ketones is 1. The van der Waals surface area contributed by atoms with Gasteiger partial charge in [-0.15, -0.1) is 6.42 Å². The van der Waals surface area contributed by atoms with Gasteiger partial charge in [-0.25, -0.2) is 0 Å². The van der Waals surface area contributed by atoms with Crippen molar-refractivity contribution in [3.05, 3.63) is 77.4 Å². The maximum Gasteiger partial charge on any atom is 0.196 e. The van der Waals surface area contributed by atoms with Crippen molar-refractivity contribution in [2.45, 2.75) is 20.8 Å². The summed E-state index contributed by atoms with van der Waals surface area (Å²) >= 11 is 0. The molecule has 1 aliphatic rings. The second kappa shape index (κ2) is 7.06. The van der Waals surface area contributed by atoms with Crippen molar-refractivity contribution in [1.82, 2.24) is 0 Å². The van der Waals surface area contributed by atoms with E-state index in [1.165, 1.54) is 0 Å². The summed E-state index contributed by atoms with van der Waals surface area (Å²) in [5.41, 5.74) is 5.52. The van der Waals surface area contributed by atoms with Crippen LogP contribution in [0.5, 0.6) is 0 Å². The molecule has 0 saturated heterocycles. The first-order chi connectivity index (χ1) is 12.4. The van der Waals surface area contributed by atoms with Crippen LogP contribution in [0.15, 0.2) is 66.3 Å². The Labute approximate surface area is 155 Å². The van der Waals surface area contributed by atoms with Gasteiger partial charge in [0.15, 0.2) is 5.78 Å². The van der Waals surface area contributed by atoms with E-state index in [0.717, 1.165) is 33.5 Å². The molecule has 0 aromatic heterocycles. The second-order valence-corrected chi connectivity index (χ2v) is 7.40. The lowest BCUT2D eigenvalue weighted by Gasteiger charge is -2.19. The lowest BCUT2D eigenvalue weighted by Crippen LogP contribution is -2.08. The van der Waals surface area contributed by atoms with Crippen molar-refractivity contribution >= 4 is 11.5 Å². The Kier molecular flexibility index (Phi) is 4.82. The van der Waals surface area contributed by atoms with Gasteiger partial charge in [0.1, 0.15) is 0 Å². The van der Waals surface area contributed by atoms with Crippen LogP contribution in [0.4, 0.5) is 5.69 Å². The largest absolute Gasteiger partial charge is 0.381 e. The molecule has 0 heterocycles. The Bertz CT molecular complexity index is 949. The van der Waals surface area contributed by atoms with E-state index in [-0.39, 0.29) is 11.2 Å². The topological polar surface area (TPSA) is 29.1 Å². The Morgan fingerprint density at radius 1 is 1.08 bits per heavy atom. The predicted octanol–water partition coefficient (Wildman–Crippen LogP) is 5.47. The Hall–Kier alpha value is -3.05. The minimum atomic E-state index is -0.00548. The highest BCUT2D eigenvalue weighted by Gasteiger charge is 2.28. The summed E-state index contributed by atoms with van der Waals surface area (Å²) in [5.74, 6) is 2.69. The standard InChI is InChI=1S/C24H23NO/c1-5-10-17(24(2,3)4)11-9-16-25-21-15-8-14-19-18-12-6-7-13-20(18)23(26)22(19)21/h1,6-15,25H,16H2,2-4H3/b11-9-,17-10+. The third kappa shape index (κ3) is 3.34. The van der Waals surface area contributed by atoms with Crippen LogP contribution in [0.25, 0.3) is 11.1 Å². The number of carbonyl (C=O) groups excluding carboxylic acids is 1. The van der Waals surface area contributed by atoms with Gasteiger partial charge >= 0.3 is 0 Å². The van der Waals surface area contributed by atoms with Crippen LogP contribution in [-0.2, 0) is 0 Å². The van der Waals surface area contributed by atoms with Crippen LogP contribution >= 0.6 is 0 Å². The molecule has 2 aromatic carbocycles. The summed E-state index contributed by atoms with van der Waals surface area (Å²) in [4.78, 5) is 12.8. The molecule has 1 aliphatic carbocycles. The number of rotatable bonds is 4. The maximum atomic E-state index is 12.8. The molecule has 0 atom stereocenters. The highest BCUT2D eigenvalue weighted by Crippen LogP contribution is 2.39. The zero-order chi connectivity index (χ0) is 18.7. The van der Waals surface area contributed by atoms with Crippen molar-refractivity contribution in [2.24, 2.45) is 5.41 Å². The van der Waals surface area contributed by atoms with Crippen LogP contribution in [0.1, 0.15) is 36.7 Å². The number of benzene rings is 2. The molecule has 0 saturated carbocycles. The normalized spacial score (nSPS) is 13.5. The van der Waals surface area contributed by atoms with Gasteiger partial charge in [-0.05, 0) is 34.3 Å². The first-order valence-electron chi connectivity index (χ1n) is 8.78. The molecule has 0 amide bonds. The highest BCUT2D eigenvalue weighted by atomic mass is 16.1. The number of nitrogens with one attached hydrogen (secondary N) is 1. The molecule has 1 N–H and O–H groups in total. The van der Waals surface area contributed by atoms with Crippen molar-refractivity contribution in [3.63, 3.8) is 0 Å². The Balaban J connectivity index is 1.80. The third-order valence-corrected chi connectivity index (χ3v) is 4.57. The molecule has 2 heteroatoms. The number of allylic oxidation sites excluding steroid dienone is 3. The van der Waals surface area contributed by atoms with Crippen LogP contribution in [-0.4, -0.2) is 12.3 Å². The van der Waals surface area contributed by atoms with E-state index in [0.29, 0.717) is 6.54 Å². The van der Waals surface area contributed by atoms with Crippen LogP contribution in [0, 0.1) is 17.8 Å². The van der Waals surface area contributed by atoms with E-state index in [9.17, 15) is 4.79 Å². The molecule has 0 spiro atoms. The molecule has 0 bridgehead atoms. The number of terminal acetylenes is 1. The number of hydrogen-bond donors (Lipinski definition) is 1. The summed E-state index contributed by atoms with van der Waals surface area (Å²) in [7, 11) is 0. The van der Waals surface area contributed by atoms with E-state index in [1.807, 2.05) is 54.6 Å². The lowest BCUT2D eigenvalue weighted by molar-refractivity contribution is 0.104. The van der Waals surface area contributed by atoms with Gasteiger partial charge in [0.2, 0.25) is 0 Å². The summed E-state index contributed by atoms with van der Waals surface area (Å²) in [5, 5.41) is 3.37. The van der Waals surface area contributed by atoms with E-state index < -0.39 is 0 Å². The number of fused-ring (bicyclic) bond motifs is 3. The average molecular weight is 341 g/mol. The maximum absolute atomic E-state index is 12.8. The minimum absolute atomic E-state index is 0.00548. The SMILES string of the molecule is C#C/C=C(\C=C/CNc1cccc2c1C(=O)c1ccccc1-2)C(C)(C)C. The molecule has 3 rings (SSSR count). The predicted molar refractivity (Wildman–Crippen MR) is 109 cm³/mol. The molecular formula is C24H23NO. The molecule has 0 radical (unpaired) electrons. The fourth-order valence-corrected chi connectivity index (χ4v) is 3.18. The monoisotopic (exact) mass is 341 g/mol. The Morgan fingerprint density at radius 2 is 1.77 bits per heavy atom. The van der Waals surface area contributed by atoms with Crippen molar-refractivity contribution in [2.75, 3.05) is 11.9 Å². The van der Waals surface area contributed by atoms with E-state index >= 15 is 0 Å². The summed E-state index contributed by atoms with van der Waals surface area (Å²) < 4.78 is 0. The van der Waals surface area contributed by atoms with Crippen LogP contribution < -0.4 is 5.32 Å². The third-order valence-electron chi connectivity index (χ3n) is 4.57. The molecule has 0 aliphatic heterocycles. The molecule has 0 unspecified atom stereocenters. The zero-order valence-corrected chi connectivity index (χ0v) is 15.5. The lowest BCUT2D eigenvalue weighted by atomic mass is 9.86. The van der Waals surface area contributed by atoms with Crippen molar-refractivity contribution in [3.8, 4) is 23.5 Å². The zero-order valence-electron chi connectivity index (χ0n) is 15.5. The molecule has 2 nitrogen and oxygen atoms in total. The van der Waals surface area contributed by atoms with Gasteiger partial charge in [0.25, 0.3) is 0 Å². The minimum Gasteiger partial charge on any atom is -0.381 e. The molecule has 26 heavy (non-hydrogen) atoms. The summed E-state index contributed by atoms with van der Waals surface area (Å²) in [6, 6.07) is 13.7. The quantitative estimate of drug-likeness (QED) is 0.503. The number of anilines is 1. The van der Waals surface area contributed by atoms with E-state index in [2.05, 4.69) is 32.0 Å². The number of hydrogen-bond acceptors (Lipinski definition) is 2. The summed E-state index contributed by atoms with van der Waals surface area (Å²) in [6.45, 7) is 7.02. The summed E-state index contributed by atoms with van der Waals surface area (Å²) in [6.07, 6.45) is 11.3. The van der Waals surface area contributed by atoms with Gasteiger partial charge in [-0.1, -0.05) is 75.2 Å². The van der Waals surface area contributed by atoms with Gasteiger partial charge < -0.3 is 5.32 Å². The fourth-order valence-electron chi connectivity index (χ4n) is 3.18. The van der Waals surface area contributed by atoms with Crippen LogP contribution in [0.2, 0.25) is 0 Å². The van der Waals surface area contributed by atoms with Gasteiger partial charge in [-0.3, -0.25) is 4.79 Å². The van der Waals surface area contributed by atoms with Crippen molar-refractivity contribution < 1.29 is 4.79 Å². The first kappa shape index (κ1) is 17.8. The van der Waals surface area contributed by atoms with E-state index in [4.69, 9.17) is 6.42 Å². The van der Waals surface area contributed by atoms with Crippen LogP contribution in [0.3, 0.4) is 0 Å². The average Bonchev–Trinajstić information content (AvgIpc) is 2.91. The first-order valence-corrected chi connectivity index (χ1v) is 8.78. The highest BCUT2D eigenvalue weighted by molar-refractivity contribution is 6.24. The second-order valence-electron chi connectivity index (χ2n) is 7.40. The van der Waals surface area contributed by atoms with Crippen molar-refractivity contribution in [1.29, 1.82) is 0 Å².